The highest BCUT2D eigenvalue weighted by atomic mass is 16.4. The summed E-state index contributed by atoms with van der Waals surface area (Å²) >= 11 is 0. The average Bonchev–Trinajstić information content (AvgIpc) is 2.49. The van der Waals surface area contributed by atoms with Gasteiger partial charge >= 0.3 is 5.97 Å². The minimum Gasteiger partial charge on any atom is -0.508 e. The number of hydrogen-bond donors (Lipinski definition) is 4. The zero-order valence-electron chi connectivity index (χ0n) is 12.0. The first-order valence-corrected chi connectivity index (χ1v) is 7.07. The van der Waals surface area contributed by atoms with Gasteiger partial charge in [0.2, 0.25) is 5.91 Å². The first-order chi connectivity index (χ1) is 9.98. The van der Waals surface area contributed by atoms with Gasteiger partial charge in [-0.15, -0.1) is 0 Å². The summed E-state index contributed by atoms with van der Waals surface area (Å²) in [6, 6.07) is 3.91. The fraction of sp³-hybridized carbons (Fsp3) is 0.467. The Kier molecular flexibility index (Phi) is 4.47. The van der Waals surface area contributed by atoms with Gasteiger partial charge in [-0.1, -0.05) is 6.92 Å². The van der Waals surface area contributed by atoms with Crippen molar-refractivity contribution in [2.75, 3.05) is 18.4 Å². The number of carbonyl (C=O) groups is 2. The highest BCUT2D eigenvalue weighted by Gasteiger charge is 2.38. The predicted octanol–water partition coefficient (Wildman–Crippen LogP) is 1.81. The third kappa shape index (κ3) is 3.16. The summed E-state index contributed by atoms with van der Waals surface area (Å²) in [7, 11) is 0. The SMILES string of the molecule is CCC1(C(=O)Nc2ccc(O)cc2C(=O)O)CCCNC1. The second-order valence-corrected chi connectivity index (χ2v) is 5.40. The number of phenols is 1. The number of carboxylic acids is 1. The molecule has 114 valence electrons. The lowest BCUT2D eigenvalue weighted by atomic mass is 9.77. The molecule has 0 saturated carbocycles. The Morgan fingerprint density at radius 3 is 2.76 bits per heavy atom. The monoisotopic (exact) mass is 292 g/mol. The minimum absolute atomic E-state index is 0.113. The molecule has 6 nitrogen and oxygen atoms in total. The Balaban J connectivity index is 2.24. The molecular weight excluding hydrogens is 272 g/mol. The van der Waals surface area contributed by atoms with Gasteiger partial charge < -0.3 is 20.8 Å². The van der Waals surface area contributed by atoms with Crippen molar-refractivity contribution in [3.05, 3.63) is 23.8 Å². The molecule has 1 aromatic rings. The van der Waals surface area contributed by atoms with Gasteiger partial charge in [-0.25, -0.2) is 4.79 Å². The van der Waals surface area contributed by atoms with Gasteiger partial charge in [0, 0.05) is 6.54 Å². The average molecular weight is 292 g/mol. The van der Waals surface area contributed by atoms with E-state index in [-0.39, 0.29) is 22.9 Å². The normalized spacial score (nSPS) is 21.8. The molecule has 0 radical (unpaired) electrons. The summed E-state index contributed by atoms with van der Waals surface area (Å²) in [5.74, 6) is -1.51. The van der Waals surface area contributed by atoms with E-state index in [0.717, 1.165) is 25.5 Å². The van der Waals surface area contributed by atoms with Crippen molar-refractivity contribution in [2.45, 2.75) is 26.2 Å². The molecule has 4 N–H and O–H groups in total. The zero-order chi connectivity index (χ0) is 15.5. The number of carbonyl (C=O) groups excluding carboxylic acids is 1. The van der Waals surface area contributed by atoms with Gasteiger partial charge in [-0.05, 0) is 44.0 Å². The lowest BCUT2D eigenvalue weighted by Crippen LogP contribution is -2.47. The first-order valence-electron chi connectivity index (χ1n) is 7.07. The van der Waals surface area contributed by atoms with Crippen LogP contribution in [0.15, 0.2) is 18.2 Å². The Morgan fingerprint density at radius 2 is 2.19 bits per heavy atom. The number of anilines is 1. The van der Waals surface area contributed by atoms with Crippen LogP contribution in [-0.2, 0) is 4.79 Å². The summed E-state index contributed by atoms with van der Waals surface area (Å²) in [5, 5.41) is 24.5. The van der Waals surface area contributed by atoms with Crippen LogP contribution in [0, 0.1) is 5.41 Å². The molecule has 1 saturated heterocycles. The topological polar surface area (TPSA) is 98.7 Å². The Morgan fingerprint density at radius 1 is 1.43 bits per heavy atom. The molecule has 0 bridgehead atoms. The van der Waals surface area contributed by atoms with E-state index in [1.165, 1.54) is 12.1 Å². The highest BCUT2D eigenvalue weighted by molar-refractivity contribution is 6.02. The van der Waals surface area contributed by atoms with E-state index in [1.807, 2.05) is 6.92 Å². The summed E-state index contributed by atoms with van der Waals surface area (Å²) in [6.07, 6.45) is 2.39. The fourth-order valence-corrected chi connectivity index (χ4v) is 2.70. The molecule has 1 aliphatic rings. The maximum absolute atomic E-state index is 12.6. The summed E-state index contributed by atoms with van der Waals surface area (Å²) in [5.41, 5.74) is -0.409. The number of amides is 1. The number of phenolic OH excluding ortho intramolecular Hbond substituents is 1. The Bertz CT molecular complexity index is 551. The lowest BCUT2D eigenvalue weighted by molar-refractivity contribution is -0.126. The number of nitrogens with one attached hydrogen (secondary N) is 2. The number of benzene rings is 1. The number of rotatable bonds is 4. The van der Waals surface area contributed by atoms with Crippen LogP contribution in [-0.4, -0.2) is 35.2 Å². The van der Waals surface area contributed by atoms with Crippen molar-refractivity contribution < 1.29 is 19.8 Å². The van der Waals surface area contributed by atoms with Gasteiger partial charge in [0.25, 0.3) is 0 Å². The largest absolute Gasteiger partial charge is 0.508 e. The van der Waals surface area contributed by atoms with Crippen molar-refractivity contribution in [1.29, 1.82) is 0 Å². The molecule has 1 aliphatic heterocycles. The van der Waals surface area contributed by atoms with Gasteiger partial charge in [-0.2, -0.15) is 0 Å². The third-order valence-corrected chi connectivity index (χ3v) is 4.11. The van der Waals surface area contributed by atoms with E-state index in [1.54, 1.807) is 0 Å². The van der Waals surface area contributed by atoms with Crippen LogP contribution in [0.25, 0.3) is 0 Å². The van der Waals surface area contributed by atoms with Crippen molar-refractivity contribution in [3.63, 3.8) is 0 Å². The van der Waals surface area contributed by atoms with Crippen LogP contribution in [0.1, 0.15) is 36.5 Å². The first kappa shape index (κ1) is 15.3. The van der Waals surface area contributed by atoms with Crippen LogP contribution in [0.2, 0.25) is 0 Å². The maximum atomic E-state index is 12.6. The van der Waals surface area contributed by atoms with Crippen molar-refractivity contribution >= 4 is 17.6 Å². The van der Waals surface area contributed by atoms with Crippen molar-refractivity contribution in [3.8, 4) is 5.75 Å². The number of carboxylic acid groups (broad SMARTS) is 1. The van der Waals surface area contributed by atoms with Gasteiger partial charge in [0.05, 0.1) is 16.7 Å². The van der Waals surface area contributed by atoms with Crippen molar-refractivity contribution in [1.82, 2.24) is 5.32 Å². The molecule has 6 heteroatoms. The zero-order valence-corrected chi connectivity index (χ0v) is 12.0. The summed E-state index contributed by atoms with van der Waals surface area (Å²) in [6.45, 7) is 3.45. The van der Waals surface area contributed by atoms with E-state index >= 15 is 0 Å². The van der Waals surface area contributed by atoms with Crippen LogP contribution in [0.5, 0.6) is 5.75 Å². The molecule has 1 unspecified atom stereocenters. The van der Waals surface area contributed by atoms with Crippen LogP contribution in [0.4, 0.5) is 5.69 Å². The highest BCUT2D eigenvalue weighted by Crippen LogP contribution is 2.32. The minimum atomic E-state index is -1.19. The molecule has 21 heavy (non-hydrogen) atoms. The molecule has 1 fully saturated rings. The van der Waals surface area contributed by atoms with Gasteiger partial charge in [0.15, 0.2) is 0 Å². The number of aromatic hydroxyl groups is 1. The smallest absolute Gasteiger partial charge is 0.337 e. The van der Waals surface area contributed by atoms with E-state index < -0.39 is 11.4 Å². The molecule has 0 spiro atoms. The van der Waals surface area contributed by atoms with E-state index in [4.69, 9.17) is 5.11 Å². The molecule has 1 amide bonds. The molecule has 1 heterocycles. The van der Waals surface area contributed by atoms with Gasteiger partial charge in [-0.3, -0.25) is 4.79 Å². The second-order valence-electron chi connectivity index (χ2n) is 5.40. The van der Waals surface area contributed by atoms with Crippen molar-refractivity contribution in [2.24, 2.45) is 5.41 Å². The van der Waals surface area contributed by atoms with E-state index in [0.29, 0.717) is 13.0 Å². The predicted molar refractivity (Wildman–Crippen MR) is 78.5 cm³/mol. The van der Waals surface area contributed by atoms with Crippen LogP contribution < -0.4 is 10.6 Å². The number of hydrogen-bond acceptors (Lipinski definition) is 4. The standard InChI is InChI=1S/C15H20N2O4/c1-2-15(6-3-7-16-9-15)14(21)17-12-5-4-10(18)8-11(12)13(19)20/h4-5,8,16,18H,2-3,6-7,9H2,1H3,(H,17,21)(H,19,20). The van der Waals surface area contributed by atoms with E-state index in [9.17, 15) is 14.7 Å². The number of piperidine rings is 1. The fourth-order valence-electron chi connectivity index (χ4n) is 2.70. The van der Waals surface area contributed by atoms with Crippen LogP contribution in [0.3, 0.4) is 0 Å². The third-order valence-electron chi connectivity index (χ3n) is 4.11. The van der Waals surface area contributed by atoms with Gasteiger partial charge in [0.1, 0.15) is 5.75 Å². The second kappa shape index (κ2) is 6.13. The molecular formula is C15H20N2O4. The molecule has 1 aromatic carbocycles. The lowest BCUT2D eigenvalue weighted by Gasteiger charge is -2.35. The summed E-state index contributed by atoms with van der Waals surface area (Å²) in [4.78, 5) is 23.8. The Hall–Kier alpha value is -2.08. The molecule has 1 atom stereocenters. The number of aromatic carboxylic acids is 1. The van der Waals surface area contributed by atoms with E-state index in [2.05, 4.69) is 10.6 Å². The quantitative estimate of drug-likeness (QED) is 0.634. The molecule has 0 aliphatic carbocycles. The summed E-state index contributed by atoms with van der Waals surface area (Å²) < 4.78 is 0. The Labute approximate surface area is 123 Å². The molecule has 2 rings (SSSR count). The van der Waals surface area contributed by atoms with Crippen LogP contribution >= 0.6 is 0 Å². The molecule has 0 aromatic heterocycles. The maximum Gasteiger partial charge on any atom is 0.337 e.